The lowest BCUT2D eigenvalue weighted by molar-refractivity contribution is -0.137. The summed E-state index contributed by atoms with van der Waals surface area (Å²) in [7, 11) is 0. The Morgan fingerprint density at radius 2 is 1.89 bits per heavy atom. The maximum atomic E-state index is 12.8. The van der Waals surface area contributed by atoms with Gasteiger partial charge in [0.15, 0.2) is 5.82 Å². The number of nitrogens with two attached hydrogens (primary N) is 1. The lowest BCUT2D eigenvalue weighted by Gasteiger charge is -2.10. The maximum absolute atomic E-state index is 12.8. The SMILES string of the molecule is Cc1ccc(OCc2nnc(SCc3cccc(C(F)(F)F)c3)n2N)c(C)c1. The van der Waals surface area contributed by atoms with Gasteiger partial charge in [-0.15, -0.1) is 10.2 Å². The number of halogens is 3. The van der Waals surface area contributed by atoms with Gasteiger partial charge in [0.2, 0.25) is 5.16 Å². The molecule has 0 spiro atoms. The minimum Gasteiger partial charge on any atom is -0.485 e. The van der Waals surface area contributed by atoms with Gasteiger partial charge in [-0.05, 0) is 37.1 Å². The van der Waals surface area contributed by atoms with Gasteiger partial charge in [0.1, 0.15) is 12.4 Å². The summed E-state index contributed by atoms with van der Waals surface area (Å²) in [6.45, 7) is 4.09. The fourth-order valence-corrected chi connectivity index (χ4v) is 3.41. The van der Waals surface area contributed by atoms with Crippen LogP contribution in [0.25, 0.3) is 0 Å². The van der Waals surface area contributed by atoms with E-state index in [4.69, 9.17) is 10.6 Å². The molecule has 0 aliphatic heterocycles. The van der Waals surface area contributed by atoms with E-state index in [1.165, 1.54) is 22.5 Å². The molecule has 0 saturated heterocycles. The minimum atomic E-state index is -4.37. The van der Waals surface area contributed by atoms with Crippen molar-refractivity contribution < 1.29 is 17.9 Å². The highest BCUT2D eigenvalue weighted by atomic mass is 32.2. The molecule has 5 nitrogen and oxygen atoms in total. The molecule has 0 amide bonds. The van der Waals surface area contributed by atoms with Gasteiger partial charge >= 0.3 is 6.18 Å². The largest absolute Gasteiger partial charge is 0.485 e. The molecule has 0 atom stereocenters. The molecule has 3 aromatic rings. The number of aromatic nitrogens is 3. The second kappa shape index (κ2) is 8.14. The number of hydrogen-bond acceptors (Lipinski definition) is 5. The van der Waals surface area contributed by atoms with Crippen molar-refractivity contribution in [2.24, 2.45) is 0 Å². The van der Waals surface area contributed by atoms with E-state index in [0.29, 0.717) is 16.5 Å². The van der Waals surface area contributed by atoms with E-state index in [-0.39, 0.29) is 12.4 Å². The minimum absolute atomic E-state index is 0.136. The van der Waals surface area contributed by atoms with Crippen LogP contribution < -0.4 is 10.6 Å². The molecule has 2 aromatic carbocycles. The van der Waals surface area contributed by atoms with E-state index < -0.39 is 11.7 Å². The highest BCUT2D eigenvalue weighted by molar-refractivity contribution is 7.98. The normalized spacial score (nSPS) is 11.6. The topological polar surface area (TPSA) is 66.0 Å². The van der Waals surface area contributed by atoms with Crippen molar-refractivity contribution in [1.82, 2.24) is 14.9 Å². The molecule has 0 aliphatic rings. The highest BCUT2D eigenvalue weighted by Crippen LogP contribution is 2.31. The number of thioether (sulfide) groups is 1. The number of benzene rings is 2. The Morgan fingerprint density at radius 3 is 2.61 bits per heavy atom. The molecule has 0 saturated carbocycles. The van der Waals surface area contributed by atoms with E-state index in [2.05, 4.69) is 10.2 Å². The number of aryl methyl sites for hydroxylation is 2. The second-order valence-electron chi connectivity index (χ2n) is 6.31. The molecule has 9 heteroatoms. The summed E-state index contributed by atoms with van der Waals surface area (Å²) in [5.41, 5.74) is 1.99. The Kier molecular flexibility index (Phi) is 5.83. The number of hydrogen-bond donors (Lipinski definition) is 1. The van der Waals surface area contributed by atoms with E-state index in [0.717, 1.165) is 29.0 Å². The third-order valence-electron chi connectivity index (χ3n) is 4.04. The molecule has 3 rings (SSSR count). The van der Waals surface area contributed by atoms with Crippen LogP contribution in [0.1, 0.15) is 28.1 Å². The number of nitrogens with zero attached hydrogens (tertiary/aromatic N) is 3. The molecule has 0 bridgehead atoms. The van der Waals surface area contributed by atoms with Crippen LogP contribution in [0.2, 0.25) is 0 Å². The third kappa shape index (κ3) is 4.78. The van der Waals surface area contributed by atoms with Crippen molar-refractivity contribution in [2.45, 2.75) is 37.5 Å². The van der Waals surface area contributed by atoms with Crippen LogP contribution >= 0.6 is 11.8 Å². The Bertz CT molecular complexity index is 972. The first-order valence-electron chi connectivity index (χ1n) is 8.42. The number of ether oxygens (including phenoxy) is 1. The third-order valence-corrected chi connectivity index (χ3v) is 5.06. The van der Waals surface area contributed by atoms with Crippen LogP contribution in [-0.2, 0) is 18.5 Å². The fourth-order valence-electron chi connectivity index (χ4n) is 2.59. The predicted octanol–water partition coefficient (Wildman–Crippen LogP) is 4.50. The molecular weight excluding hydrogens is 389 g/mol. The molecule has 1 heterocycles. The summed E-state index contributed by atoms with van der Waals surface area (Å²) in [6.07, 6.45) is -4.37. The van der Waals surface area contributed by atoms with E-state index in [1.54, 1.807) is 6.07 Å². The molecule has 0 unspecified atom stereocenters. The van der Waals surface area contributed by atoms with Crippen LogP contribution in [0.4, 0.5) is 13.2 Å². The van der Waals surface area contributed by atoms with Crippen molar-refractivity contribution in [3.05, 3.63) is 70.5 Å². The van der Waals surface area contributed by atoms with E-state index in [9.17, 15) is 13.2 Å². The van der Waals surface area contributed by atoms with Gasteiger partial charge in [-0.25, -0.2) is 4.68 Å². The van der Waals surface area contributed by atoms with Crippen molar-refractivity contribution in [3.63, 3.8) is 0 Å². The maximum Gasteiger partial charge on any atom is 0.416 e. The summed E-state index contributed by atoms with van der Waals surface area (Å²) in [5, 5.41) is 8.41. The molecule has 0 radical (unpaired) electrons. The molecule has 28 heavy (non-hydrogen) atoms. The number of nitrogen functional groups attached to an aromatic ring is 1. The predicted molar refractivity (Wildman–Crippen MR) is 101 cm³/mol. The molecule has 1 aromatic heterocycles. The summed E-state index contributed by atoms with van der Waals surface area (Å²) in [5.74, 6) is 7.44. The van der Waals surface area contributed by atoms with Crippen LogP contribution in [0, 0.1) is 13.8 Å². The van der Waals surface area contributed by atoms with Crippen molar-refractivity contribution in [3.8, 4) is 5.75 Å². The lowest BCUT2D eigenvalue weighted by Crippen LogP contribution is -2.16. The van der Waals surface area contributed by atoms with Crippen molar-refractivity contribution in [1.29, 1.82) is 0 Å². The van der Waals surface area contributed by atoms with Gasteiger partial charge in [0.05, 0.1) is 5.56 Å². The first kappa shape index (κ1) is 20.1. The average Bonchev–Trinajstić information content (AvgIpc) is 2.99. The Morgan fingerprint density at radius 1 is 1.11 bits per heavy atom. The fraction of sp³-hybridized carbons (Fsp3) is 0.263. The van der Waals surface area contributed by atoms with Gasteiger partial charge in [-0.2, -0.15) is 13.2 Å². The van der Waals surface area contributed by atoms with Gasteiger partial charge in [0.25, 0.3) is 0 Å². The molecule has 2 N–H and O–H groups in total. The zero-order valence-corrected chi connectivity index (χ0v) is 16.1. The zero-order valence-electron chi connectivity index (χ0n) is 15.3. The first-order valence-corrected chi connectivity index (χ1v) is 9.41. The zero-order chi connectivity index (χ0) is 20.3. The molecule has 148 valence electrons. The van der Waals surface area contributed by atoms with Gasteiger partial charge < -0.3 is 10.6 Å². The second-order valence-corrected chi connectivity index (χ2v) is 7.26. The van der Waals surface area contributed by atoms with Crippen LogP contribution in [0.15, 0.2) is 47.6 Å². The number of rotatable bonds is 6. The van der Waals surface area contributed by atoms with E-state index in [1.807, 2.05) is 32.0 Å². The van der Waals surface area contributed by atoms with Crippen LogP contribution in [0.5, 0.6) is 5.75 Å². The quantitative estimate of drug-likeness (QED) is 0.481. The number of alkyl halides is 3. The lowest BCUT2D eigenvalue weighted by atomic mass is 10.1. The monoisotopic (exact) mass is 408 g/mol. The molecule has 0 aliphatic carbocycles. The van der Waals surface area contributed by atoms with Gasteiger partial charge in [0, 0.05) is 5.75 Å². The Balaban J connectivity index is 1.63. The van der Waals surface area contributed by atoms with E-state index >= 15 is 0 Å². The smallest absolute Gasteiger partial charge is 0.416 e. The van der Waals surface area contributed by atoms with Crippen LogP contribution in [-0.4, -0.2) is 14.9 Å². The molecule has 0 fully saturated rings. The van der Waals surface area contributed by atoms with Gasteiger partial charge in [-0.1, -0.05) is 47.7 Å². The molecular formula is C19H19F3N4OS. The highest BCUT2D eigenvalue weighted by Gasteiger charge is 2.30. The summed E-state index contributed by atoms with van der Waals surface area (Å²) in [6, 6.07) is 11.0. The van der Waals surface area contributed by atoms with Crippen LogP contribution in [0.3, 0.4) is 0 Å². The summed E-state index contributed by atoms with van der Waals surface area (Å²) >= 11 is 1.21. The van der Waals surface area contributed by atoms with Gasteiger partial charge in [-0.3, -0.25) is 0 Å². The van der Waals surface area contributed by atoms with Crippen molar-refractivity contribution in [2.75, 3.05) is 5.84 Å². The van der Waals surface area contributed by atoms with Crippen molar-refractivity contribution >= 4 is 11.8 Å². The summed E-state index contributed by atoms with van der Waals surface area (Å²) in [4.78, 5) is 0. The average molecular weight is 408 g/mol. The first-order chi connectivity index (χ1) is 13.2. The Hall–Kier alpha value is -2.68. The summed E-state index contributed by atoms with van der Waals surface area (Å²) < 4.78 is 45.5. The Labute approximate surface area is 164 Å². The standard InChI is InChI=1S/C19H19F3N4OS/c1-12-6-7-16(13(2)8-12)27-10-17-24-25-18(26(17)23)28-11-14-4-3-5-15(9-14)19(20,21)22/h3-9H,10-11,23H2,1-2H3.